The highest BCUT2D eigenvalue weighted by Gasteiger charge is 2.49. The summed E-state index contributed by atoms with van der Waals surface area (Å²) < 4.78 is 0. The lowest BCUT2D eigenvalue weighted by Crippen LogP contribution is -2.19. The van der Waals surface area contributed by atoms with Gasteiger partial charge in [0.15, 0.2) is 17.5 Å². The molecule has 0 saturated heterocycles. The average molecular weight is 670 g/mol. The van der Waals surface area contributed by atoms with Crippen molar-refractivity contribution in [2.75, 3.05) is 0 Å². The summed E-state index contributed by atoms with van der Waals surface area (Å²) >= 11 is 0. The standard InChI is InChI=1S/C49H39N3/c1-5-49(4)41-21-12-10-17-31(41)38-25-35-33-18-13-19-34(44(33)39-26-36(39)37(35)27-43(38)49)47-51-45(28-14-7-6-8-15-28)50-46(52-47)29-22-23-32-30-16-9-11-20-40(30)48(2,3)42(32)24-29/h6-25,27,36,39H,5,26H2,1-4H3. The predicted octanol–water partition coefficient (Wildman–Crippen LogP) is 12.1. The molecule has 0 bridgehead atoms. The minimum atomic E-state index is -0.109. The van der Waals surface area contributed by atoms with E-state index in [-0.39, 0.29) is 10.8 Å². The van der Waals surface area contributed by atoms with Crippen LogP contribution in [-0.4, -0.2) is 15.0 Å². The first-order chi connectivity index (χ1) is 25.3. The summed E-state index contributed by atoms with van der Waals surface area (Å²) in [6, 6.07) is 46.9. The highest BCUT2D eigenvalue weighted by atomic mass is 15.0. The Morgan fingerprint density at radius 3 is 1.90 bits per heavy atom. The Morgan fingerprint density at radius 1 is 0.481 bits per heavy atom. The van der Waals surface area contributed by atoms with Gasteiger partial charge in [0, 0.05) is 27.5 Å². The number of hydrogen-bond acceptors (Lipinski definition) is 3. The first kappa shape index (κ1) is 30.0. The minimum absolute atomic E-state index is 0.0398. The summed E-state index contributed by atoms with van der Waals surface area (Å²) in [5.74, 6) is 3.16. The lowest BCUT2D eigenvalue weighted by molar-refractivity contribution is 0.564. The van der Waals surface area contributed by atoms with Crippen molar-refractivity contribution in [3.63, 3.8) is 0 Å². The number of rotatable bonds is 4. The molecule has 6 aromatic carbocycles. The second-order valence-electron chi connectivity index (χ2n) is 16.0. The van der Waals surface area contributed by atoms with Gasteiger partial charge < -0.3 is 0 Å². The van der Waals surface area contributed by atoms with Crippen LogP contribution in [0.5, 0.6) is 0 Å². The average Bonchev–Trinajstić information content (AvgIpc) is 3.92. The smallest absolute Gasteiger partial charge is 0.164 e. The highest BCUT2D eigenvalue weighted by Crippen LogP contribution is 2.65. The summed E-state index contributed by atoms with van der Waals surface area (Å²) in [6.45, 7) is 9.42. The molecule has 11 rings (SSSR count). The first-order valence-corrected chi connectivity index (χ1v) is 18.8. The van der Waals surface area contributed by atoms with Gasteiger partial charge in [-0.2, -0.15) is 0 Å². The van der Waals surface area contributed by atoms with Gasteiger partial charge in [-0.05, 0) is 104 Å². The quantitative estimate of drug-likeness (QED) is 0.187. The van der Waals surface area contributed by atoms with Gasteiger partial charge in [-0.1, -0.05) is 143 Å². The Bertz CT molecular complexity index is 2650. The Hall–Kier alpha value is -5.67. The maximum absolute atomic E-state index is 5.33. The van der Waals surface area contributed by atoms with Crippen LogP contribution in [0.2, 0.25) is 0 Å². The Balaban J connectivity index is 1.09. The van der Waals surface area contributed by atoms with Crippen LogP contribution < -0.4 is 0 Å². The van der Waals surface area contributed by atoms with Crippen molar-refractivity contribution >= 4 is 0 Å². The lowest BCUT2D eigenvalue weighted by atomic mass is 9.75. The normalized spacial score (nSPS) is 20.5. The van der Waals surface area contributed by atoms with Crippen molar-refractivity contribution in [1.82, 2.24) is 15.0 Å². The number of hydrogen-bond donors (Lipinski definition) is 0. The van der Waals surface area contributed by atoms with Crippen molar-refractivity contribution in [1.29, 1.82) is 0 Å². The summed E-state index contributed by atoms with van der Waals surface area (Å²) in [4.78, 5) is 15.7. The molecular formula is C49H39N3. The van der Waals surface area contributed by atoms with Crippen molar-refractivity contribution in [3.8, 4) is 67.5 Å². The fraction of sp³-hybridized carbons (Fsp3) is 0.204. The molecule has 3 nitrogen and oxygen atoms in total. The van der Waals surface area contributed by atoms with Gasteiger partial charge in [-0.25, -0.2) is 15.0 Å². The van der Waals surface area contributed by atoms with Gasteiger partial charge in [0.05, 0.1) is 0 Å². The van der Waals surface area contributed by atoms with Gasteiger partial charge in [-0.3, -0.25) is 0 Å². The molecule has 4 aliphatic carbocycles. The molecule has 250 valence electrons. The molecule has 1 aromatic heterocycles. The van der Waals surface area contributed by atoms with Crippen LogP contribution in [0, 0.1) is 0 Å². The molecule has 3 heteroatoms. The van der Waals surface area contributed by atoms with E-state index in [0.717, 1.165) is 35.4 Å². The molecule has 0 radical (unpaired) electrons. The van der Waals surface area contributed by atoms with Crippen molar-refractivity contribution in [3.05, 3.63) is 161 Å². The predicted molar refractivity (Wildman–Crippen MR) is 211 cm³/mol. The van der Waals surface area contributed by atoms with Crippen LogP contribution in [0.4, 0.5) is 0 Å². The van der Waals surface area contributed by atoms with Gasteiger partial charge >= 0.3 is 0 Å². The molecule has 4 aliphatic rings. The third-order valence-corrected chi connectivity index (χ3v) is 13.0. The number of nitrogens with zero attached hydrogens (tertiary/aromatic N) is 3. The van der Waals surface area contributed by atoms with Crippen molar-refractivity contribution in [2.45, 2.75) is 63.2 Å². The van der Waals surface area contributed by atoms with E-state index in [9.17, 15) is 0 Å². The van der Waals surface area contributed by atoms with E-state index < -0.39 is 0 Å². The second-order valence-corrected chi connectivity index (χ2v) is 16.0. The summed E-state index contributed by atoms with van der Waals surface area (Å²) in [7, 11) is 0. The van der Waals surface area contributed by atoms with E-state index in [1.807, 2.05) is 6.07 Å². The maximum atomic E-state index is 5.33. The molecular weight excluding hydrogens is 631 g/mol. The fourth-order valence-corrected chi connectivity index (χ4v) is 10.00. The van der Waals surface area contributed by atoms with Crippen LogP contribution in [-0.2, 0) is 10.8 Å². The molecule has 3 atom stereocenters. The molecule has 3 unspecified atom stereocenters. The van der Waals surface area contributed by atoms with Crippen LogP contribution in [0.3, 0.4) is 0 Å². The van der Waals surface area contributed by atoms with Crippen LogP contribution in [0.15, 0.2) is 127 Å². The molecule has 0 spiro atoms. The lowest BCUT2D eigenvalue weighted by Gasteiger charge is -2.28. The van der Waals surface area contributed by atoms with Crippen molar-refractivity contribution < 1.29 is 0 Å². The first-order valence-electron chi connectivity index (χ1n) is 18.8. The molecule has 1 saturated carbocycles. The molecule has 1 fully saturated rings. The molecule has 0 aliphatic heterocycles. The fourth-order valence-electron chi connectivity index (χ4n) is 10.00. The second kappa shape index (κ2) is 10.4. The molecule has 7 aromatic rings. The van der Waals surface area contributed by atoms with Crippen LogP contribution in [0.1, 0.15) is 85.8 Å². The summed E-state index contributed by atoms with van der Waals surface area (Å²) in [6.07, 6.45) is 2.25. The number of aromatic nitrogens is 3. The maximum Gasteiger partial charge on any atom is 0.164 e. The van der Waals surface area contributed by atoms with Gasteiger partial charge in [-0.15, -0.1) is 0 Å². The van der Waals surface area contributed by atoms with Gasteiger partial charge in [0.25, 0.3) is 0 Å². The molecule has 52 heavy (non-hydrogen) atoms. The molecule has 1 heterocycles. The van der Waals surface area contributed by atoms with E-state index in [2.05, 4.69) is 149 Å². The van der Waals surface area contributed by atoms with E-state index in [1.165, 1.54) is 66.8 Å². The van der Waals surface area contributed by atoms with Gasteiger partial charge in [0.2, 0.25) is 0 Å². The topological polar surface area (TPSA) is 38.7 Å². The van der Waals surface area contributed by atoms with Crippen LogP contribution in [0.25, 0.3) is 67.5 Å². The number of fused-ring (bicyclic) bond motifs is 12. The number of benzene rings is 6. The summed E-state index contributed by atoms with van der Waals surface area (Å²) in [5.41, 5.74) is 19.7. The zero-order chi connectivity index (χ0) is 34.9. The largest absolute Gasteiger partial charge is 0.208 e. The minimum Gasteiger partial charge on any atom is -0.208 e. The SMILES string of the molecule is CCC1(C)c2ccccc2-c2cc3c(cc21)C1CC1c1c(-c2nc(-c4ccccc4)nc(-c4ccc5c(c4)C(C)(C)c4ccccc4-5)n2)cccc1-3. The third-order valence-electron chi connectivity index (χ3n) is 13.0. The molecule has 0 N–H and O–H groups in total. The third kappa shape index (κ3) is 4.00. The van der Waals surface area contributed by atoms with E-state index in [0.29, 0.717) is 23.5 Å². The monoisotopic (exact) mass is 669 g/mol. The summed E-state index contributed by atoms with van der Waals surface area (Å²) in [5, 5.41) is 0. The molecule has 0 amide bonds. The van der Waals surface area contributed by atoms with E-state index in [4.69, 9.17) is 15.0 Å². The van der Waals surface area contributed by atoms with E-state index >= 15 is 0 Å². The highest BCUT2D eigenvalue weighted by molar-refractivity contribution is 5.91. The van der Waals surface area contributed by atoms with Gasteiger partial charge in [0.1, 0.15) is 0 Å². The zero-order valence-corrected chi connectivity index (χ0v) is 30.0. The Labute approximate surface area is 305 Å². The Morgan fingerprint density at radius 2 is 1.12 bits per heavy atom. The van der Waals surface area contributed by atoms with Crippen LogP contribution >= 0.6 is 0 Å². The van der Waals surface area contributed by atoms with Crippen molar-refractivity contribution in [2.24, 2.45) is 0 Å². The Kier molecular flexibility index (Phi) is 6.03. The zero-order valence-electron chi connectivity index (χ0n) is 30.0. The van der Waals surface area contributed by atoms with E-state index in [1.54, 1.807) is 0 Å².